The Bertz CT molecular complexity index is 1230. The van der Waals surface area contributed by atoms with E-state index >= 15 is 0 Å². The van der Waals surface area contributed by atoms with E-state index in [0.29, 0.717) is 5.95 Å². The maximum atomic E-state index is 8.36. The number of anilines is 3. The first-order valence-corrected chi connectivity index (χ1v) is 11.2. The van der Waals surface area contributed by atoms with Crippen LogP contribution in [0, 0.1) is 0 Å². The van der Waals surface area contributed by atoms with Gasteiger partial charge in [-0.1, -0.05) is 13.0 Å². The Hall–Kier alpha value is -4.58. The summed E-state index contributed by atoms with van der Waals surface area (Å²) in [4.78, 5) is 39.6. The summed E-state index contributed by atoms with van der Waals surface area (Å²) in [6.45, 7) is 7.09. The van der Waals surface area contributed by atoms with E-state index < -0.39 is 0 Å². The molecule has 0 aromatic carbocycles. The van der Waals surface area contributed by atoms with Crippen molar-refractivity contribution in [2.45, 2.75) is 6.92 Å². The number of nitrogens with one attached hydrogen (secondary N) is 1. The summed E-state index contributed by atoms with van der Waals surface area (Å²) in [5.74, 6) is 1.23. The third-order valence-corrected chi connectivity index (χ3v) is 5.51. The largest absolute Gasteiger partial charge is 0.483 e. The molecular weight excluding hydrogens is 464 g/mol. The van der Waals surface area contributed by atoms with Crippen molar-refractivity contribution in [3.05, 3.63) is 61.2 Å². The summed E-state index contributed by atoms with van der Waals surface area (Å²) in [5, 5.41) is 17.0. The van der Waals surface area contributed by atoms with E-state index in [1.165, 1.54) is 0 Å². The summed E-state index contributed by atoms with van der Waals surface area (Å²) in [7, 11) is 0. The Morgan fingerprint density at radius 2 is 1.69 bits per heavy atom. The lowest BCUT2D eigenvalue weighted by Gasteiger charge is -2.35. The second kappa shape index (κ2) is 13.3. The van der Waals surface area contributed by atoms with E-state index in [4.69, 9.17) is 19.8 Å². The molecule has 1 aliphatic heterocycles. The number of pyridine rings is 2. The Labute approximate surface area is 207 Å². The molecule has 0 atom stereocenters. The molecule has 12 nitrogen and oxygen atoms in total. The number of aromatic nitrogens is 5. The number of hydrogen-bond acceptors (Lipinski definition) is 9. The van der Waals surface area contributed by atoms with Crippen molar-refractivity contribution in [2.75, 3.05) is 42.9 Å². The molecule has 0 aliphatic carbocycles. The zero-order valence-electron chi connectivity index (χ0n) is 19.8. The zero-order valence-corrected chi connectivity index (χ0v) is 19.8. The molecule has 188 valence electrons. The first-order chi connectivity index (χ1) is 17.6. The van der Waals surface area contributed by atoms with Crippen molar-refractivity contribution in [3.8, 4) is 11.4 Å². The predicted molar refractivity (Wildman–Crippen MR) is 135 cm³/mol. The SMILES string of the molecule is CCN1CCN(c2ccc(Nc3nccc(-c4cnc5ccccn45)n3)nc2)CC1.O=CO.O=CO. The molecule has 12 heteroatoms. The number of carboxylic acid groups (broad SMARTS) is 2. The van der Waals surface area contributed by atoms with Gasteiger partial charge in [0.15, 0.2) is 0 Å². The Balaban J connectivity index is 0.000000550. The smallest absolute Gasteiger partial charge is 0.290 e. The highest BCUT2D eigenvalue weighted by Gasteiger charge is 2.16. The zero-order chi connectivity index (χ0) is 25.8. The molecule has 0 saturated carbocycles. The number of rotatable bonds is 5. The van der Waals surface area contributed by atoms with Crippen molar-refractivity contribution in [3.63, 3.8) is 0 Å². The van der Waals surface area contributed by atoms with Crippen LogP contribution in [0.2, 0.25) is 0 Å². The normalized spacial score (nSPS) is 13.1. The van der Waals surface area contributed by atoms with Gasteiger partial charge in [0.2, 0.25) is 5.95 Å². The summed E-state index contributed by atoms with van der Waals surface area (Å²) >= 11 is 0. The fourth-order valence-electron chi connectivity index (χ4n) is 3.77. The van der Waals surface area contributed by atoms with Crippen LogP contribution in [0.3, 0.4) is 0 Å². The Morgan fingerprint density at radius 1 is 0.944 bits per heavy atom. The monoisotopic (exact) mass is 492 g/mol. The first kappa shape index (κ1) is 26.0. The molecule has 0 bridgehead atoms. The predicted octanol–water partition coefficient (Wildman–Crippen LogP) is 2.47. The topological polar surface area (TPSA) is 149 Å². The van der Waals surface area contributed by atoms with Gasteiger partial charge in [-0.25, -0.2) is 19.9 Å². The number of imidazole rings is 1. The number of likely N-dealkylation sites (N-methyl/N-ethyl adjacent to an activating group) is 1. The lowest BCUT2D eigenvalue weighted by molar-refractivity contribution is -0.123. The fourth-order valence-corrected chi connectivity index (χ4v) is 3.77. The average Bonchev–Trinajstić information content (AvgIpc) is 3.35. The molecule has 0 radical (unpaired) electrons. The molecule has 3 N–H and O–H groups in total. The molecular formula is C24H28N8O4. The van der Waals surface area contributed by atoms with Crippen molar-refractivity contribution in [1.82, 2.24) is 29.2 Å². The van der Waals surface area contributed by atoms with Gasteiger partial charge in [0, 0.05) is 38.6 Å². The standard InChI is InChI=1S/C22H24N8.2CH2O2/c1-2-28-11-13-29(14-12-28)17-6-7-20(24-15-17)27-22-23-9-8-18(26-22)19-16-25-21-5-3-4-10-30(19)21;2*2-1-3/h3-10,15-16H,2,11-14H2,1H3,(H,23,24,26,27);2*1H,(H,2,3). The molecule has 4 aromatic heterocycles. The Kier molecular flexibility index (Phi) is 9.65. The molecule has 5 rings (SSSR count). The minimum Gasteiger partial charge on any atom is -0.483 e. The van der Waals surface area contributed by atoms with Crippen LogP contribution in [0.15, 0.2) is 61.2 Å². The van der Waals surface area contributed by atoms with Crippen molar-refractivity contribution < 1.29 is 19.8 Å². The summed E-state index contributed by atoms with van der Waals surface area (Å²) < 4.78 is 2.01. The number of piperazine rings is 1. The van der Waals surface area contributed by atoms with E-state index in [-0.39, 0.29) is 12.9 Å². The first-order valence-electron chi connectivity index (χ1n) is 11.2. The van der Waals surface area contributed by atoms with Crippen LogP contribution in [0.1, 0.15) is 6.92 Å². The third-order valence-electron chi connectivity index (χ3n) is 5.51. The summed E-state index contributed by atoms with van der Waals surface area (Å²) in [5.41, 5.74) is 3.76. The molecule has 1 aliphatic rings. The lowest BCUT2D eigenvalue weighted by Crippen LogP contribution is -2.46. The highest BCUT2D eigenvalue weighted by molar-refractivity contribution is 5.62. The Morgan fingerprint density at radius 3 is 2.36 bits per heavy atom. The molecule has 0 spiro atoms. The van der Waals surface area contributed by atoms with E-state index in [2.05, 4.69) is 48.0 Å². The summed E-state index contributed by atoms with van der Waals surface area (Å²) in [6, 6.07) is 11.9. The third kappa shape index (κ3) is 6.73. The maximum Gasteiger partial charge on any atom is 0.290 e. The van der Waals surface area contributed by atoms with Gasteiger partial charge in [0.1, 0.15) is 11.5 Å². The quantitative estimate of drug-likeness (QED) is 0.353. The lowest BCUT2D eigenvalue weighted by atomic mass is 10.2. The van der Waals surface area contributed by atoms with Gasteiger partial charge in [-0.05, 0) is 36.9 Å². The van der Waals surface area contributed by atoms with E-state index in [1.807, 2.05) is 53.3 Å². The number of nitrogens with zero attached hydrogens (tertiary/aromatic N) is 7. The second-order valence-corrected chi connectivity index (χ2v) is 7.50. The number of carbonyl (C=O) groups is 2. The van der Waals surface area contributed by atoms with Crippen molar-refractivity contribution >= 4 is 36.0 Å². The molecule has 5 heterocycles. The molecule has 4 aromatic rings. The van der Waals surface area contributed by atoms with Gasteiger partial charge in [-0.15, -0.1) is 0 Å². The van der Waals surface area contributed by atoms with Crippen LogP contribution in [0.4, 0.5) is 17.5 Å². The number of hydrogen-bond donors (Lipinski definition) is 3. The highest BCUT2D eigenvalue weighted by atomic mass is 16.3. The average molecular weight is 493 g/mol. The second-order valence-electron chi connectivity index (χ2n) is 7.50. The van der Waals surface area contributed by atoms with Gasteiger partial charge in [0.25, 0.3) is 12.9 Å². The van der Waals surface area contributed by atoms with Gasteiger partial charge in [-0.2, -0.15) is 0 Å². The van der Waals surface area contributed by atoms with E-state index in [0.717, 1.165) is 61.3 Å². The van der Waals surface area contributed by atoms with Gasteiger partial charge in [-0.3, -0.25) is 14.0 Å². The van der Waals surface area contributed by atoms with Crippen molar-refractivity contribution in [1.29, 1.82) is 0 Å². The molecule has 1 saturated heterocycles. The van der Waals surface area contributed by atoms with E-state index in [1.54, 1.807) is 6.20 Å². The van der Waals surface area contributed by atoms with Gasteiger partial charge >= 0.3 is 0 Å². The molecule has 36 heavy (non-hydrogen) atoms. The van der Waals surface area contributed by atoms with E-state index in [9.17, 15) is 0 Å². The molecule has 1 fully saturated rings. The minimum atomic E-state index is -0.250. The fraction of sp³-hybridized carbons (Fsp3) is 0.250. The van der Waals surface area contributed by atoms with Crippen LogP contribution in [0.5, 0.6) is 0 Å². The molecule has 0 unspecified atom stereocenters. The minimum absolute atomic E-state index is 0.250. The van der Waals surface area contributed by atoms with Crippen LogP contribution in [-0.2, 0) is 9.59 Å². The van der Waals surface area contributed by atoms with Crippen LogP contribution in [0.25, 0.3) is 17.0 Å². The maximum absolute atomic E-state index is 8.36. The van der Waals surface area contributed by atoms with Crippen LogP contribution >= 0.6 is 0 Å². The van der Waals surface area contributed by atoms with Crippen LogP contribution in [-0.4, -0.2) is 85.1 Å². The van der Waals surface area contributed by atoms with Crippen LogP contribution < -0.4 is 10.2 Å². The highest BCUT2D eigenvalue weighted by Crippen LogP contribution is 2.22. The summed E-state index contributed by atoms with van der Waals surface area (Å²) in [6.07, 6.45) is 7.47. The molecule has 0 amide bonds. The van der Waals surface area contributed by atoms with Gasteiger partial charge < -0.3 is 25.3 Å². The van der Waals surface area contributed by atoms with Gasteiger partial charge in [0.05, 0.1) is 29.5 Å². The number of fused-ring (bicyclic) bond motifs is 1. The van der Waals surface area contributed by atoms with Crippen molar-refractivity contribution in [2.24, 2.45) is 0 Å².